The number of hydrogen-bond acceptors (Lipinski definition) is 8. The number of hydrogen-bond donors (Lipinski definition) is 1. The van der Waals surface area contributed by atoms with Crippen molar-refractivity contribution in [1.29, 1.82) is 0 Å². The molecule has 2 fully saturated rings. The third-order valence-corrected chi connectivity index (χ3v) is 13.1. The van der Waals surface area contributed by atoms with E-state index in [4.69, 9.17) is 30.5 Å². The van der Waals surface area contributed by atoms with Gasteiger partial charge in [0.1, 0.15) is 28.4 Å². The molecule has 3 aliphatic heterocycles. The van der Waals surface area contributed by atoms with Gasteiger partial charge in [-0.3, -0.25) is 14.3 Å². The van der Waals surface area contributed by atoms with Crippen molar-refractivity contribution >= 4 is 39.0 Å². The molecule has 0 aromatic heterocycles. The summed E-state index contributed by atoms with van der Waals surface area (Å²) in [6.07, 6.45) is 9.71. The highest BCUT2D eigenvalue weighted by molar-refractivity contribution is 7.92. The largest absolute Gasteiger partial charge is 0.490 e. The topological polar surface area (TPSA) is 116 Å². The molecule has 264 valence electrons. The Balaban J connectivity index is 1.26. The minimum absolute atomic E-state index is 0.0111. The van der Waals surface area contributed by atoms with Gasteiger partial charge in [0, 0.05) is 36.2 Å². The Morgan fingerprint density at radius 1 is 1.20 bits per heavy atom. The molecular weight excluding hydrogens is 666 g/mol. The van der Waals surface area contributed by atoms with E-state index in [1.807, 2.05) is 25.1 Å². The highest BCUT2D eigenvalue weighted by atomic mass is 35.5. The lowest BCUT2D eigenvalue weighted by atomic mass is 9.68. The first-order valence-corrected chi connectivity index (χ1v) is 19.5. The van der Waals surface area contributed by atoms with Crippen molar-refractivity contribution in [3.63, 3.8) is 0 Å². The predicted molar refractivity (Wildman–Crippen MR) is 189 cm³/mol. The number of carbonyl (C=O) groups is 2. The van der Waals surface area contributed by atoms with Gasteiger partial charge in [-0.15, -0.1) is 4.36 Å². The Kier molecular flexibility index (Phi) is 10.1. The molecule has 5 aliphatic rings. The summed E-state index contributed by atoms with van der Waals surface area (Å²) in [4.78, 5) is 29.2. The Morgan fingerprint density at radius 2 is 2.06 bits per heavy atom. The monoisotopic (exact) mass is 711 g/mol. The molecule has 2 aromatic rings. The van der Waals surface area contributed by atoms with E-state index in [1.54, 1.807) is 13.2 Å². The van der Waals surface area contributed by atoms with Gasteiger partial charge in [0.2, 0.25) is 0 Å². The molecule has 6 atom stereocenters. The molecule has 12 heteroatoms. The first-order chi connectivity index (χ1) is 23.6. The number of halogens is 1. The maximum absolute atomic E-state index is 14.3. The summed E-state index contributed by atoms with van der Waals surface area (Å²) >= 11 is 6.44. The Morgan fingerprint density at radius 3 is 2.82 bits per heavy atom. The van der Waals surface area contributed by atoms with Gasteiger partial charge in [-0.1, -0.05) is 36.7 Å². The number of benzene rings is 2. The van der Waals surface area contributed by atoms with Crippen molar-refractivity contribution < 1.29 is 32.7 Å². The van der Waals surface area contributed by atoms with Crippen molar-refractivity contribution in [2.45, 2.75) is 63.1 Å². The van der Waals surface area contributed by atoms with Gasteiger partial charge in [0.15, 0.2) is 0 Å². The number of nitrogens with zero attached hydrogens (tertiary/aromatic N) is 2. The molecule has 49 heavy (non-hydrogen) atoms. The number of aryl methyl sites for hydroxylation is 1. The molecule has 1 saturated heterocycles. The summed E-state index contributed by atoms with van der Waals surface area (Å²) in [6.45, 7) is 4.50. The average molecular weight is 712 g/mol. The molecule has 1 spiro atoms. The summed E-state index contributed by atoms with van der Waals surface area (Å²) in [6, 6.07) is 11.6. The van der Waals surface area contributed by atoms with Crippen LogP contribution in [0.1, 0.15) is 60.5 Å². The van der Waals surface area contributed by atoms with Gasteiger partial charge in [-0.25, -0.2) is 4.21 Å². The highest BCUT2D eigenvalue weighted by Gasteiger charge is 2.44. The number of nitrogens with one attached hydrogen (secondary N) is 1. The summed E-state index contributed by atoms with van der Waals surface area (Å²) in [5, 5.41) is 0.740. The third-order valence-electron chi connectivity index (χ3n) is 10.8. The van der Waals surface area contributed by atoms with E-state index in [9.17, 15) is 13.8 Å². The Hall–Kier alpha value is -2.96. The van der Waals surface area contributed by atoms with Crippen molar-refractivity contribution in [3.8, 4) is 5.75 Å². The number of anilines is 1. The second-order valence-electron chi connectivity index (χ2n) is 14.5. The van der Waals surface area contributed by atoms with E-state index in [-0.39, 0.29) is 35.9 Å². The van der Waals surface area contributed by atoms with Crippen LogP contribution in [0.2, 0.25) is 5.02 Å². The number of fused-ring (bicyclic) bond motifs is 4. The molecule has 2 aliphatic carbocycles. The van der Waals surface area contributed by atoms with Crippen LogP contribution in [0.5, 0.6) is 5.75 Å². The maximum Gasteiger partial charge on any atom is 0.286 e. The fraction of sp³-hybridized carbons (Fsp3) is 0.568. The lowest BCUT2D eigenvalue weighted by Gasteiger charge is -2.46. The highest BCUT2D eigenvalue weighted by Crippen LogP contribution is 2.47. The van der Waals surface area contributed by atoms with E-state index in [2.05, 4.69) is 38.3 Å². The second-order valence-corrected chi connectivity index (χ2v) is 16.9. The second kappa shape index (κ2) is 14.3. The zero-order valence-corrected chi connectivity index (χ0v) is 29.8. The zero-order valence-electron chi connectivity index (χ0n) is 28.2. The van der Waals surface area contributed by atoms with Crippen LogP contribution in [0.4, 0.5) is 5.69 Å². The molecule has 2 aromatic carbocycles. The molecule has 10 nitrogen and oxygen atoms in total. The molecule has 2 amide bonds. The van der Waals surface area contributed by atoms with Crippen LogP contribution >= 0.6 is 11.6 Å². The summed E-state index contributed by atoms with van der Waals surface area (Å²) in [7, 11) is -1.72. The number of allylic oxidation sites excluding steroid dienone is 1. The van der Waals surface area contributed by atoms with Crippen LogP contribution in [0.3, 0.4) is 0 Å². The van der Waals surface area contributed by atoms with Crippen LogP contribution in [0.15, 0.2) is 52.9 Å². The number of rotatable bonds is 5. The van der Waals surface area contributed by atoms with E-state index in [0.29, 0.717) is 49.4 Å². The SMILES string of the molecule is CO[C@H]1/C=C/C[C@H](C)CS(=O)(NC(=O)COC2COC2)=NC(=O)c2ccc3c(c2)N(C[C@@H]2CC[C@H]21)C[C@@]1(CCCc2cc(Cl)ccc21)CO3. The minimum atomic E-state index is -3.49. The van der Waals surface area contributed by atoms with Crippen LogP contribution < -0.4 is 14.4 Å². The number of methoxy groups -OCH3 is 1. The zero-order chi connectivity index (χ0) is 34.2. The average Bonchev–Trinajstić information content (AvgIpc) is 3.17. The van der Waals surface area contributed by atoms with Gasteiger partial charge in [0.05, 0.1) is 37.4 Å². The Bertz CT molecular complexity index is 1740. The summed E-state index contributed by atoms with van der Waals surface area (Å²) < 4.78 is 44.4. The van der Waals surface area contributed by atoms with Crippen LogP contribution in [-0.4, -0.2) is 80.6 Å². The molecule has 7 rings (SSSR count). The molecule has 1 N–H and O–H groups in total. The first-order valence-electron chi connectivity index (χ1n) is 17.4. The van der Waals surface area contributed by atoms with Crippen molar-refractivity contribution in [2.75, 3.05) is 57.3 Å². The van der Waals surface area contributed by atoms with Crippen molar-refractivity contribution in [3.05, 3.63) is 70.3 Å². The summed E-state index contributed by atoms with van der Waals surface area (Å²) in [5.74, 6) is 0.0875. The van der Waals surface area contributed by atoms with Gasteiger partial charge < -0.3 is 23.8 Å². The van der Waals surface area contributed by atoms with Crippen LogP contribution in [-0.2, 0) is 40.8 Å². The van der Waals surface area contributed by atoms with Gasteiger partial charge in [-0.05, 0) is 97.7 Å². The van der Waals surface area contributed by atoms with Crippen LogP contribution in [0.25, 0.3) is 0 Å². The van der Waals surface area contributed by atoms with Gasteiger partial charge >= 0.3 is 0 Å². The third kappa shape index (κ3) is 7.42. The number of carbonyl (C=O) groups excluding carboxylic acids is 2. The lowest BCUT2D eigenvalue weighted by Crippen LogP contribution is -2.49. The predicted octanol–water partition coefficient (Wildman–Crippen LogP) is 5.51. The van der Waals surface area contributed by atoms with E-state index in [1.165, 1.54) is 11.1 Å². The first kappa shape index (κ1) is 34.5. The molecule has 3 heterocycles. The van der Waals surface area contributed by atoms with E-state index < -0.39 is 21.7 Å². The minimum Gasteiger partial charge on any atom is -0.490 e. The smallest absolute Gasteiger partial charge is 0.286 e. The van der Waals surface area contributed by atoms with E-state index >= 15 is 0 Å². The van der Waals surface area contributed by atoms with Gasteiger partial charge in [0.25, 0.3) is 11.8 Å². The normalized spacial score (nSPS) is 32.3. The fourth-order valence-corrected chi connectivity index (χ4v) is 10.2. The molecule has 0 radical (unpaired) electrons. The van der Waals surface area contributed by atoms with Crippen LogP contribution in [0, 0.1) is 17.8 Å². The molecule has 1 unspecified atom stereocenters. The Labute approximate surface area is 294 Å². The standard InChI is InChI=1S/C37H46ClN3O7S/c1-24-5-3-7-33(45-2)30-11-8-27(30)17-41-22-37(14-4-6-25-15-28(38)10-12-31(25)37)23-48-34-13-9-26(16-32(34)41)36(43)40-49(44,21-24)39-35(42)20-47-29-18-46-19-29/h3,7,9-10,12-13,15-16,24,27,29-30,33H,4-6,8,11,14,17-23H2,1-2H3,(H,39,40,42,43,44)/b7-3+/t24-,27-,30+,33-,37-,49?/m0/s1. The number of amides is 2. The maximum atomic E-state index is 14.3. The summed E-state index contributed by atoms with van der Waals surface area (Å²) in [5.41, 5.74) is 3.40. The molecule has 2 bridgehead atoms. The van der Waals surface area contributed by atoms with Gasteiger partial charge in [-0.2, -0.15) is 0 Å². The fourth-order valence-electron chi connectivity index (χ4n) is 8.08. The van der Waals surface area contributed by atoms with Crippen molar-refractivity contribution in [2.24, 2.45) is 22.1 Å². The molecular formula is C37H46ClN3O7S. The van der Waals surface area contributed by atoms with E-state index in [0.717, 1.165) is 55.9 Å². The number of ether oxygens (including phenoxy) is 4. The molecule has 1 saturated carbocycles. The lowest BCUT2D eigenvalue weighted by molar-refractivity contribution is -0.147. The van der Waals surface area contributed by atoms with Crippen molar-refractivity contribution in [1.82, 2.24) is 4.72 Å². The quantitative estimate of drug-likeness (QED) is 0.405.